The minimum atomic E-state index is -1.14. The first-order valence-corrected chi connectivity index (χ1v) is 19.7. The number of halogens is 3. The number of piperazine rings is 1. The fraction of sp³-hybridized carbons (Fsp3) is 0.286. The maximum absolute atomic E-state index is 14.8. The highest BCUT2D eigenvalue weighted by Gasteiger charge is 2.31. The third-order valence-electron chi connectivity index (χ3n) is 11.0. The molecule has 0 unspecified atom stereocenters. The summed E-state index contributed by atoms with van der Waals surface area (Å²) in [5.41, 5.74) is 4.80. The van der Waals surface area contributed by atoms with Gasteiger partial charge in [0.15, 0.2) is 5.82 Å². The SMILES string of the molecule is C[C@@H](c1ccc(Cl)cc1Cl)n1cnc(-c2ccccc2)c1-c1c(C(=O)Nc2cc(C(=O)O)cnc2N2CCN(C3CCCCC3)CC2)[nH]c2cc(Cl)ccc12. The number of aromatic carboxylic acids is 1. The molecule has 1 saturated heterocycles. The molecule has 1 atom stereocenters. The van der Waals surface area contributed by atoms with Crippen molar-refractivity contribution < 1.29 is 14.7 Å². The Kier molecular flexibility index (Phi) is 10.6. The predicted octanol–water partition coefficient (Wildman–Crippen LogP) is 10.1. The average molecular weight is 797 g/mol. The van der Waals surface area contributed by atoms with Crippen molar-refractivity contribution in [1.29, 1.82) is 0 Å². The summed E-state index contributed by atoms with van der Waals surface area (Å²) in [6.07, 6.45) is 9.39. The number of amides is 1. The average Bonchev–Trinajstić information content (AvgIpc) is 3.80. The number of nitrogens with one attached hydrogen (secondary N) is 2. The van der Waals surface area contributed by atoms with E-state index in [4.69, 9.17) is 39.8 Å². The number of rotatable bonds is 9. The van der Waals surface area contributed by atoms with Crippen LogP contribution in [0.15, 0.2) is 85.3 Å². The number of carbonyl (C=O) groups excluding carboxylic acids is 1. The first kappa shape index (κ1) is 37.1. The molecule has 2 aliphatic rings. The summed E-state index contributed by atoms with van der Waals surface area (Å²) in [7, 11) is 0. The van der Waals surface area contributed by atoms with E-state index in [1.54, 1.807) is 30.6 Å². The maximum atomic E-state index is 14.8. The molecule has 1 aliphatic heterocycles. The second-order valence-electron chi connectivity index (χ2n) is 14.3. The Morgan fingerprint density at radius 3 is 2.35 bits per heavy atom. The third kappa shape index (κ3) is 7.44. The van der Waals surface area contributed by atoms with Gasteiger partial charge in [0.2, 0.25) is 0 Å². The predicted molar refractivity (Wildman–Crippen MR) is 220 cm³/mol. The number of carboxylic acids is 1. The summed E-state index contributed by atoms with van der Waals surface area (Å²) in [5.74, 6) is -1.08. The van der Waals surface area contributed by atoms with Crippen molar-refractivity contribution in [3.8, 4) is 22.5 Å². The molecule has 8 rings (SSSR count). The first-order chi connectivity index (χ1) is 26.7. The number of carboxylic acid groups (broad SMARTS) is 1. The van der Waals surface area contributed by atoms with Gasteiger partial charge in [-0.15, -0.1) is 0 Å². The van der Waals surface area contributed by atoms with Crippen LogP contribution in [0.1, 0.15) is 71.5 Å². The van der Waals surface area contributed by atoms with Crippen molar-refractivity contribution in [2.75, 3.05) is 36.4 Å². The van der Waals surface area contributed by atoms with Crippen molar-refractivity contribution in [3.05, 3.63) is 117 Å². The second-order valence-corrected chi connectivity index (χ2v) is 15.6. The van der Waals surface area contributed by atoms with E-state index in [0.717, 1.165) is 29.6 Å². The number of aromatic nitrogens is 4. The van der Waals surface area contributed by atoms with Crippen LogP contribution < -0.4 is 10.2 Å². The molecule has 0 spiro atoms. The molecular formula is C42H40Cl3N7O3. The molecule has 4 heterocycles. The molecule has 55 heavy (non-hydrogen) atoms. The molecule has 282 valence electrons. The fourth-order valence-electron chi connectivity index (χ4n) is 8.13. The molecule has 10 nitrogen and oxygen atoms in total. The van der Waals surface area contributed by atoms with Gasteiger partial charge in [0, 0.05) is 75.5 Å². The van der Waals surface area contributed by atoms with Crippen LogP contribution >= 0.6 is 34.8 Å². The molecule has 3 aromatic heterocycles. The summed E-state index contributed by atoms with van der Waals surface area (Å²) in [4.78, 5) is 44.6. The van der Waals surface area contributed by atoms with Crippen molar-refractivity contribution in [2.45, 2.75) is 51.1 Å². The molecule has 3 N–H and O–H groups in total. The molecule has 1 aliphatic carbocycles. The lowest BCUT2D eigenvalue weighted by atomic mass is 9.94. The van der Waals surface area contributed by atoms with E-state index in [1.165, 1.54) is 44.4 Å². The van der Waals surface area contributed by atoms with Gasteiger partial charge in [-0.3, -0.25) is 9.69 Å². The summed E-state index contributed by atoms with van der Waals surface area (Å²) < 4.78 is 2.01. The lowest BCUT2D eigenvalue weighted by Gasteiger charge is -2.41. The number of carbonyl (C=O) groups is 2. The summed E-state index contributed by atoms with van der Waals surface area (Å²) in [6, 6.07) is 22.4. The van der Waals surface area contributed by atoms with Crippen LogP contribution in [0.4, 0.5) is 11.5 Å². The zero-order valence-corrected chi connectivity index (χ0v) is 32.5. The number of pyridine rings is 1. The number of hydrogen-bond donors (Lipinski definition) is 3. The third-order valence-corrected chi connectivity index (χ3v) is 11.8. The van der Waals surface area contributed by atoms with Gasteiger partial charge in [0.25, 0.3) is 5.91 Å². The number of benzene rings is 3. The summed E-state index contributed by atoms with van der Waals surface area (Å²) in [6.45, 7) is 5.17. The van der Waals surface area contributed by atoms with Gasteiger partial charge in [-0.05, 0) is 55.7 Å². The van der Waals surface area contributed by atoms with Crippen molar-refractivity contribution in [3.63, 3.8) is 0 Å². The topological polar surface area (TPSA) is 119 Å². The van der Waals surface area contributed by atoms with Gasteiger partial charge in [0.05, 0.1) is 35.0 Å². The molecule has 13 heteroatoms. The van der Waals surface area contributed by atoms with Crippen molar-refractivity contribution in [1.82, 2.24) is 24.4 Å². The van der Waals surface area contributed by atoms with E-state index in [-0.39, 0.29) is 17.3 Å². The van der Waals surface area contributed by atoms with Gasteiger partial charge in [-0.25, -0.2) is 14.8 Å². The lowest BCUT2D eigenvalue weighted by Crippen LogP contribution is -2.51. The fourth-order valence-corrected chi connectivity index (χ4v) is 8.87. The quantitative estimate of drug-likeness (QED) is 0.133. The van der Waals surface area contributed by atoms with E-state index in [1.807, 2.05) is 54.0 Å². The normalized spacial score (nSPS) is 16.0. The van der Waals surface area contributed by atoms with Crippen molar-refractivity contribution >= 4 is 69.1 Å². The van der Waals surface area contributed by atoms with Crippen LogP contribution in [0.25, 0.3) is 33.4 Å². The number of hydrogen-bond acceptors (Lipinski definition) is 6. The lowest BCUT2D eigenvalue weighted by molar-refractivity contribution is 0.0696. The Morgan fingerprint density at radius 2 is 1.62 bits per heavy atom. The van der Waals surface area contributed by atoms with E-state index in [9.17, 15) is 14.7 Å². The van der Waals surface area contributed by atoms with Crippen LogP contribution in [-0.2, 0) is 0 Å². The largest absolute Gasteiger partial charge is 0.478 e. The Hall–Kier alpha value is -4.87. The van der Waals surface area contributed by atoms with Gasteiger partial charge in [-0.2, -0.15) is 0 Å². The van der Waals surface area contributed by atoms with Crippen LogP contribution in [0.3, 0.4) is 0 Å². The summed E-state index contributed by atoms with van der Waals surface area (Å²) in [5, 5.41) is 15.3. The Balaban J connectivity index is 1.23. The van der Waals surface area contributed by atoms with Crippen molar-refractivity contribution in [2.24, 2.45) is 0 Å². The highest BCUT2D eigenvalue weighted by atomic mass is 35.5. The number of anilines is 2. The number of imidazole rings is 1. The van der Waals surface area contributed by atoms with E-state index in [0.29, 0.717) is 68.2 Å². The standard InChI is InChI=1S/C42H40Cl3N7O3/c1-25(31-14-12-28(43)21-33(31)45)52-24-47-37(26-8-4-2-5-9-26)39(52)36-32-15-13-29(44)22-34(32)48-38(36)41(53)49-35-20-27(42(54)55)23-46-40(35)51-18-16-50(17-19-51)30-10-6-3-7-11-30/h2,4-5,8-9,12-15,20-25,30,48H,3,6-7,10-11,16-19H2,1H3,(H,49,53)(H,54,55)/t25-/m0/s1. The Morgan fingerprint density at radius 1 is 0.891 bits per heavy atom. The monoisotopic (exact) mass is 795 g/mol. The van der Waals surface area contributed by atoms with Crippen LogP contribution in [0.5, 0.6) is 0 Å². The highest BCUT2D eigenvalue weighted by molar-refractivity contribution is 6.35. The molecule has 1 amide bonds. The zero-order valence-electron chi connectivity index (χ0n) is 30.2. The van der Waals surface area contributed by atoms with E-state index in [2.05, 4.69) is 25.1 Å². The molecule has 2 fully saturated rings. The van der Waals surface area contributed by atoms with Gasteiger partial charge in [0.1, 0.15) is 5.69 Å². The molecule has 0 radical (unpaired) electrons. The number of fused-ring (bicyclic) bond motifs is 1. The Labute approximate surface area is 334 Å². The number of aromatic amines is 1. The van der Waals surface area contributed by atoms with Crippen LogP contribution in [0.2, 0.25) is 15.1 Å². The molecular weight excluding hydrogens is 757 g/mol. The summed E-state index contributed by atoms with van der Waals surface area (Å²) >= 11 is 19.6. The molecule has 6 aromatic rings. The van der Waals surface area contributed by atoms with E-state index >= 15 is 0 Å². The van der Waals surface area contributed by atoms with Crippen LogP contribution in [0, 0.1) is 0 Å². The maximum Gasteiger partial charge on any atom is 0.337 e. The molecule has 1 saturated carbocycles. The number of nitrogens with zero attached hydrogens (tertiary/aromatic N) is 5. The van der Waals surface area contributed by atoms with Crippen LogP contribution in [-0.4, -0.2) is 73.6 Å². The first-order valence-electron chi connectivity index (χ1n) is 18.6. The smallest absolute Gasteiger partial charge is 0.337 e. The van der Waals surface area contributed by atoms with Gasteiger partial charge < -0.3 is 24.9 Å². The second kappa shape index (κ2) is 15.7. The number of H-pyrrole nitrogens is 1. The minimum absolute atomic E-state index is 0.0262. The minimum Gasteiger partial charge on any atom is -0.478 e. The molecule has 0 bridgehead atoms. The highest BCUT2D eigenvalue weighted by Crippen LogP contribution is 2.42. The zero-order chi connectivity index (χ0) is 38.2. The van der Waals surface area contributed by atoms with E-state index < -0.39 is 11.9 Å². The van der Waals surface area contributed by atoms with Gasteiger partial charge >= 0.3 is 5.97 Å². The Bertz CT molecular complexity index is 2380. The molecule has 3 aromatic carbocycles. The van der Waals surface area contributed by atoms with Gasteiger partial charge in [-0.1, -0.05) is 96.5 Å².